The number of hydrogen-bond acceptors (Lipinski definition) is 6. The average Bonchev–Trinajstić information content (AvgIpc) is 3.39. The number of thiophene rings is 2. The number of benzene rings is 1. The smallest absolute Gasteiger partial charge is 0.382 e. The number of pyridine rings is 1. The summed E-state index contributed by atoms with van der Waals surface area (Å²) in [6.07, 6.45) is -4.49. The zero-order valence-electron chi connectivity index (χ0n) is 16.0. The number of rotatable bonds is 6. The van der Waals surface area contributed by atoms with Gasteiger partial charge in [-0.15, -0.1) is 22.7 Å². The zero-order valence-corrected chi connectivity index (χ0v) is 17.6. The summed E-state index contributed by atoms with van der Waals surface area (Å²) >= 11 is 2.74. The third kappa shape index (κ3) is 4.55. The second-order valence-corrected chi connectivity index (χ2v) is 8.53. The molecule has 0 aliphatic carbocycles. The quantitative estimate of drug-likeness (QED) is 0.345. The van der Waals surface area contributed by atoms with Crippen LogP contribution in [-0.2, 0) is 6.18 Å². The van der Waals surface area contributed by atoms with Crippen LogP contribution < -0.4 is 16.4 Å². The van der Waals surface area contributed by atoms with Crippen molar-refractivity contribution in [3.63, 3.8) is 0 Å². The minimum Gasteiger partial charge on any atom is -0.382 e. The van der Waals surface area contributed by atoms with E-state index in [2.05, 4.69) is 15.6 Å². The number of nitrogens with one attached hydrogen (secondary N) is 2. The molecule has 0 unspecified atom stereocenters. The van der Waals surface area contributed by atoms with Gasteiger partial charge in [0.05, 0.1) is 21.8 Å². The summed E-state index contributed by atoms with van der Waals surface area (Å²) in [5.74, 6) is -0.514. The van der Waals surface area contributed by atoms with Gasteiger partial charge in [-0.2, -0.15) is 13.2 Å². The van der Waals surface area contributed by atoms with Crippen molar-refractivity contribution < 1.29 is 18.0 Å². The van der Waals surface area contributed by atoms with Gasteiger partial charge >= 0.3 is 6.18 Å². The number of carbonyl (C=O) groups excluding carboxylic acids is 1. The molecule has 1 amide bonds. The second kappa shape index (κ2) is 8.66. The van der Waals surface area contributed by atoms with Crippen molar-refractivity contribution in [3.05, 3.63) is 64.4 Å². The molecule has 4 aromatic rings. The van der Waals surface area contributed by atoms with Gasteiger partial charge in [-0.1, -0.05) is 12.1 Å². The summed E-state index contributed by atoms with van der Waals surface area (Å²) in [4.78, 5) is 19.6. The van der Waals surface area contributed by atoms with Crippen molar-refractivity contribution in [2.75, 3.05) is 23.7 Å². The van der Waals surface area contributed by atoms with Gasteiger partial charge in [0.2, 0.25) is 0 Å². The molecule has 4 N–H and O–H groups in total. The number of alkyl halides is 3. The van der Waals surface area contributed by atoms with E-state index in [1.807, 2.05) is 29.6 Å². The first-order valence-electron chi connectivity index (χ1n) is 9.27. The molecule has 0 spiro atoms. The van der Waals surface area contributed by atoms with Crippen LogP contribution in [0.5, 0.6) is 0 Å². The summed E-state index contributed by atoms with van der Waals surface area (Å²) in [7, 11) is 0. The lowest BCUT2D eigenvalue weighted by molar-refractivity contribution is -0.137. The molecule has 0 saturated carbocycles. The lowest BCUT2D eigenvalue weighted by Gasteiger charge is -2.11. The molecule has 0 bridgehead atoms. The van der Waals surface area contributed by atoms with Crippen molar-refractivity contribution in [1.29, 1.82) is 0 Å². The highest BCUT2D eigenvalue weighted by molar-refractivity contribution is 7.21. The van der Waals surface area contributed by atoms with Crippen LogP contribution >= 0.6 is 22.7 Å². The first-order valence-corrected chi connectivity index (χ1v) is 11.0. The number of hydrogen-bond donors (Lipinski definition) is 3. The fourth-order valence-corrected chi connectivity index (χ4v) is 4.77. The number of aromatic nitrogens is 1. The summed E-state index contributed by atoms with van der Waals surface area (Å²) < 4.78 is 39.0. The zero-order chi connectivity index (χ0) is 22.0. The van der Waals surface area contributed by atoms with Crippen LogP contribution in [0, 0.1) is 0 Å². The summed E-state index contributed by atoms with van der Waals surface area (Å²) in [6.45, 7) is 0.787. The molecule has 1 aromatic carbocycles. The van der Waals surface area contributed by atoms with Crippen molar-refractivity contribution in [3.8, 4) is 10.6 Å². The number of halogens is 3. The molecule has 0 fully saturated rings. The number of nitrogens with two attached hydrogens (primary N) is 1. The maximum absolute atomic E-state index is 13.0. The van der Waals surface area contributed by atoms with Crippen molar-refractivity contribution in [2.24, 2.45) is 5.73 Å². The van der Waals surface area contributed by atoms with Gasteiger partial charge in [0.15, 0.2) is 0 Å². The summed E-state index contributed by atoms with van der Waals surface area (Å²) in [5, 5.41) is 8.43. The van der Waals surface area contributed by atoms with Gasteiger partial charge in [0.1, 0.15) is 9.71 Å². The fourth-order valence-electron chi connectivity index (χ4n) is 3.03. The number of nitrogens with zero attached hydrogens (tertiary/aromatic N) is 1. The van der Waals surface area contributed by atoms with Crippen molar-refractivity contribution >= 4 is 50.2 Å². The van der Waals surface area contributed by atoms with E-state index in [4.69, 9.17) is 5.73 Å². The molecule has 0 atom stereocenters. The van der Waals surface area contributed by atoms with E-state index in [1.54, 1.807) is 11.3 Å². The first-order chi connectivity index (χ1) is 14.9. The highest BCUT2D eigenvalue weighted by Crippen LogP contribution is 2.37. The highest BCUT2D eigenvalue weighted by atomic mass is 32.1. The molecule has 0 aliphatic rings. The van der Waals surface area contributed by atoms with Gasteiger partial charge in [-0.3, -0.25) is 4.79 Å². The minimum atomic E-state index is -4.49. The van der Waals surface area contributed by atoms with Gasteiger partial charge < -0.3 is 16.4 Å². The number of anilines is 2. The molecule has 3 heterocycles. The second-order valence-electron chi connectivity index (χ2n) is 6.58. The Bertz CT molecular complexity index is 1220. The maximum atomic E-state index is 13.0. The van der Waals surface area contributed by atoms with Crippen LogP contribution in [0.3, 0.4) is 0 Å². The molecule has 10 heteroatoms. The molecule has 5 nitrogen and oxygen atoms in total. The van der Waals surface area contributed by atoms with Crippen LogP contribution in [0.25, 0.3) is 20.8 Å². The number of carbonyl (C=O) groups is 1. The van der Waals surface area contributed by atoms with E-state index in [0.717, 1.165) is 28.1 Å². The Morgan fingerprint density at radius 3 is 2.68 bits per heavy atom. The SMILES string of the molecule is NCCNc1c(C(=O)Nc2cccc(C(F)(F)F)c2)sc2nc(-c3cccs3)ccc12. The standard InChI is InChI=1S/C21H17F3N4OS2/c22-21(23,24)12-3-1-4-13(11-12)27-19(29)18-17(26-9-8-25)14-6-7-15(28-20(14)31-18)16-5-2-10-30-16/h1-7,10-11,26H,8-9,25H2,(H,27,29). The fraction of sp³-hybridized carbons (Fsp3) is 0.143. The third-order valence-electron chi connectivity index (χ3n) is 4.43. The number of amides is 1. The Labute approximate surface area is 183 Å². The van der Waals surface area contributed by atoms with Crippen molar-refractivity contribution in [1.82, 2.24) is 4.98 Å². The van der Waals surface area contributed by atoms with E-state index in [9.17, 15) is 18.0 Å². The van der Waals surface area contributed by atoms with Crippen LogP contribution in [-0.4, -0.2) is 24.0 Å². The molecular formula is C21H17F3N4OS2. The molecule has 3 aromatic heterocycles. The monoisotopic (exact) mass is 462 g/mol. The van der Waals surface area contributed by atoms with E-state index < -0.39 is 17.6 Å². The molecule has 160 valence electrons. The Morgan fingerprint density at radius 1 is 1.13 bits per heavy atom. The van der Waals surface area contributed by atoms with Gasteiger partial charge in [0.25, 0.3) is 5.91 Å². The molecule has 31 heavy (non-hydrogen) atoms. The van der Waals surface area contributed by atoms with Gasteiger partial charge in [-0.05, 0) is 41.8 Å². The van der Waals surface area contributed by atoms with Gasteiger partial charge in [-0.25, -0.2) is 4.98 Å². The average molecular weight is 463 g/mol. The van der Waals surface area contributed by atoms with E-state index in [1.165, 1.54) is 23.5 Å². The predicted molar refractivity (Wildman–Crippen MR) is 120 cm³/mol. The van der Waals surface area contributed by atoms with Crippen LogP contribution in [0.4, 0.5) is 24.5 Å². The lowest BCUT2D eigenvalue weighted by Crippen LogP contribution is -2.17. The van der Waals surface area contributed by atoms with Crippen LogP contribution in [0.15, 0.2) is 53.9 Å². The van der Waals surface area contributed by atoms with Gasteiger partial charge in [0, 0.05) is 24.2 Å². The first kappa shape index (κ1) is 21.3. The largest absolute Gasteiger partial charge is 0.416 e. The summed E-state index contributed by atoms with van der Waals surface area (Å²) in [6, 6.07) is 12.2. The highest BCUT2D eigenvalue weighted by Gasteiger charge is 2.30. The Hall–Kier alpha value is -2.95. The Balaban J connectivity index is 1.70. The van der Waals surface area contributed by atoms with Crippen LogP contribution in [0.2, 0.25) is 0 Å². The predicted octanol–water partition coefficient (Wildman–Crippen LogP) is 5.67. The summed E-state index contributed by atoms with van der Waals surface area (Å²) in [5.41, 5.74) is 6.20. The topological polar surface area (TPSA) is 80.0 Å². The molecule has 0 aliphatic heterocycles. The molecule has 0 saturated heterocycles. The lowest BCUT2D eigenvalue weighted by atomic mass is 10.2. The van der Waals surface area contributed by atoms with E-state index in [0.29, 0.717) is 28.5 Å². The number of fused-ring (bicyclic) bond motifs is 1. The normalized spacial score (nSPS) is 11.6. The molecule has 0 radical (unpaired) electrons. The Morgan fingerprint density at radius 2 is 1.97 bits per heavy atom. The van der Waals surface area contributed by atoms with E-state index >= 15 is 0 Å². The molecule has 4 rings (SSSR count). The minimum absolute atomic E-state index is 0.0642. The third-order valence-corrected chi connectivity index (χ3v) is 6.42. The molecular weight excluding hydrogens is 445 g/mol. The van der Waals surface area contributed by atoms with E-state index in [-0.39, 0.29) is 5.69 Å². The van der Waals surface area contributed by atoms with Crippen LogP contribution in [0.1, 0.15) is 15.2 Å². The van der Waals surface area contributed by atoms with Crippen molar-refractivity contribution in [2.45, 2.75) is 6.18 Å². The maximum Gasteiger partial charge on any atom is 0.416 e. The Kier molecular flexibility index (Phi) is 5.94.